The smallest absolute Gasteiger partial charge is 0.317 e. The summed E-state index contributed by atoms with van der Waals surface area (Å²) in [6.45, 7) is 9.55. The fourth-order valence-electron chi connectivity index (χ4n) is 3.56. The first-order valence-corrected chi connectivity index (χ1v) is 11.2. The van der Waals surface area contributed by atoms with Crippen molar-refractivity contribution in [3.8, 4) is 0 Å². The van der Waals surface area contributed by atoms with Crippen LogP contribution in [0, 0.1) is 0 Å². The average molecular weight is 424 g/mol. The topological polar surface area (TPSA) is 61.4 Å². The Morgan fingerprint density at radius 3 is 1.94 bits per heavy atom. The third kappa shape index (κ3) is 8.83. The quantitative estimate of drug-likeness (QED) is 0.569. The molecule has 3 amide bonds. The van der Waals surface area contributed by atoms with Gasteiger partial charge < -0.3 is 15.5 Å². The third-order valence-electron chi connectivity index (χ3n) is 5.03. The molecule has 0 aromatic heterocycles. The summed E-state index contributed by atoms with van der Waals surface area (Å²) in [6, 6.07) is 20.7. The summed E-state index contributed by atoms with van der Waals surface area (Å²) in [7, 11) is 0. The molecular formula is C26H37N3O2. The molecule has 2 aromatic carbocycles. The average Bonchev–Trinajstić information content (AvgIpc) is 2.74. The van der Waals surface area contributed by atoms with Gasteiger partial charge in [-0.25, -0.2) is 4.79 Å². The predicted octanol–water partition coefficient (Wildman–Crippen LogP) is 4.94. The molecular weight excluding hydrogens is 386 g/mol. The minimum Gasteiger partial charge on any atom is -0.356 e. The molecule has 0 atom stereocenters. The molecule has 2 N–H and O–H groups in total. The zero-order valence-corrected chi connectivity index (χ0v) is 19.4. The summed E-state index contributed by atoms with van der Waals surface area (Å²) < 4.78 is 0. The van der Waals surface area contributed by atoms with E-state index < -0.39 is 0 Å². The fraction of sp³-hybridized carbons (Fsp3) is 0.462. The molecule has 168 valence electrons. The predicted molar refractivity (Wildman–Crippen MR) is 127 cm³/mol. The number of amides is 3. The molecule has 5 heteroatoms. The van der Waals surface area contributed by atoms with Crippen molar-refractivity contribution in [1.29, 1.82) is 0 Å². The molecule has 2 aromatic rings. The molecule has 0 fully saturated rings. The highest BCUT2D eigenvalue weighted by molar-refractivity contribution is 5.78. The van der Waals surface area contributed by atoms with E-state index in [-0.39, 0.29) is 23.4 Å². The Bertz CT molecular complexity index is 761. The van der Waals surface area contributed by atoms with Crippen molar-refractivity contribution in [3.63, 3.8) is 0 Å². The van der Waals surface area contributed by atoms with Gasteiger partial charge in [-0.1, -0.05) is 67.6 Å². The maximum atomic E-state index is 12.5. The third-order valence-corrected chi connectivity index (χ3v) is 5.03. The van der Waals surface area contributed by atoms with Crippen molar-refractivity contribution >= 4 is 11.9 Å². The molecule has 0 aliphatic carbocycles. The van der Waals surface area contributed by atoms with Crippen molar-refractivity contribution in [2.24, 2.45) is 0 Å². The standard InChI is InChI=1S/C26H37N3O2/c1-5-19-29(25(31)28-26(2,3)4)20-17-24(30)27-18-16-23(21-12-8-6-9-13-21)22-14-10-7-11-15-22/h6-15,23H,5,16-20H2,1-4H3,(H,27,30)(H,28,31). The lowest BCUT2D eigenvalue weighted by Gasteiger charge is -2.28. The Morgan fingerprint density at radius 2 is 1.45 bits per heavy atom. The van der Waals surface area contributed by atoms with Crippen LogP contribution in [0.2, 0.25) is 0 Å². The van der Waals surface area contributed by atoms with Crippen LogP contribution in [0.3, 0.4) is 0 Å². The molecule has 5 nitrogen and oxygen atoms in total. The van der Waals surface area contributed by atoms with E-state index in [1.165, 1.54) is 11.1 Å². The number of urea groups is 1. The Labute approximate surface area is 187 Å². The number of nitrogens with zero attached hydrogens (tertiary/aromatic N) is 1. The van der Waals surface area contributed by atoms with Gasteiger partial charge in [-0.3, -0.25) is 4.79 Å². The van der Waals surface area contributed by atoms with E-state index in [2.05, 4.69) is 59.2 Å². The van der Waals surface area contributed by atoms with Gasteiger partial charge in [0.25, 0.3) is 0 Å². The second-order valence-corrected chi connectivity index (χ2v) is 8.93. The van der Waals surface area contributed by atoms with Gasteiger partial charge in [-0.05, 0) is 44.7 Å². The summed E-state index contributed by atoms with van der Waals surface area (Å²) in [6.07, 6.45) is 1.98. The zero-order valence-electron chi connectivity index (χ0n) is 19.4. The molecule has 0 saturated carbocycles. The first kappa shape index (κ1) is 24.4. The van der Waals surface area contributed by atoms with E-state index in [1.807, 2.05) is 39.8 Å². The number of carbonyl (C=O) groups is 2. The van der Waals surface area contributed by atoms with E-state index in [4.69, 9.17) is 0 Å². The second kappa shape index (κ2) is 12.1. The van der Waals surface area contributed by atoms with E-state index in [1.54, 1.807) is 4.90 Å². The lowest BCUT2D eigenvalue weighted by Crippen LogP contribution is -2.49. The van der Waals surface area contributed by atoms with Crippen molar-refractivity contribution in [2.75, 3.05) is 19.6 Å². The highest BCUT2D eigenvalue weighted by Crippen LogP contribution is 2.27. The Morgan fingerprint density at radius 1 is 0.903 bits per heavy atom. The van der Waals surface area contributed by atoms with Crippen LogP contribution >= 0.6 is 0 Å². The Balaban J connectivity index is 1.88. The van der Waals surface area contributed by atoms with Crippen molar-refractivity contribution in [2.45, 2.75) is 58.4 Å². The summed E-state index contributed by atoms with van der Waals surface area (Å²) in [4.78, 5) is 26.6. The molecule has 0 saturated heterocycles. The normalized spacial score (nSPS) is 11.3. The fourth-order valence-corrected chi connectivity index (χ4v) is 3.56. The van der Waals surface area contributed by atoms with Crippen LogP contribution in [0.5, 0.6) is 0 Å². The van der Waals surface area contributed by atoms with E-state index in [9.17, 15) is 9.59 Å². The van der Waals surface area contributed by atoms with Crippen molar-refractivity contribution < 1.29 is 9.59 Å². The van der Waals surface area contributed by atoms with Crippen molar-refractivity contribution in [3.05, 3.63) is 71.8 Å². The van der Waals surface area contributed by atoms with Gasteiger partial charge in [0, 0.05) is 37.5 Å². The first-order chi connectivity index (χ1) is 14.8. The van der Waals surface area contributed by atoms with Gasteiger partial charge in [0.1, 0.15) is 0 Å². The number of hydrogen-bond acceptors (Lipinski definition) is 2. The highest BCUT2D eigenvalue weighted by atomic mass is 16.2. The first-order valence-electron chi connectivity index (χ1n) is 11.2. The molecule has 0 aliphatic heterocycles. The van der Waals surface area contributed by atoms with Gasteiger partial charge in [0.15, 0.2) is 0 Å². The van der Waals surface area contributed by atoms with E-state index >= 15 is 0 Å². The summed E-state index contributed by atoms with van der Waals surface area (Å²) in [5, 5.41) is 6.02. The number of benzene rings is 2. The molecule has 0 heterocycles. The van der Waals surface area contributed by atoms with Crippen LogP contribution in [0.15, 0.2) is 60.7 Å². The molecule has 31 heavy (non-hydrogen) atoms. The van der Waals surface area contributed by atoms with Crippen LogP contribution in [-0.4, -0.2) is 42.0 Å². The van der Waals surface area contributed by atoms with E-state index in [0.29, 0.717) is 26.1 Å². The SMILES string of the molecule is CCCN(CCC(=O)NCCC(c1ccccc1)c1ccccc1)C(=O)NC(C)(C)C. The summed E-state index contributed by atoms with van der Waals surface area (Å²) >= 11 is 0. The number of carbonyl (C=O) groups excluding carboxylic acids is 2. The largest absolute Gasteiger partial charge is 0.356 e. The maximum Gasteiger partial charge on any atom is 0.317 e. The monoisotopic (exact) mass is 423 g/mol. The van der Waals surface area contributed by atoms with Crippen LogP contribution in [0.25, 0.3) is 0 Å². The molecule has 0 bridgehead atoms. The zero-order chi connectivity index (χ0) is 22.7. The van der Waals surface area contributed by atoms with Gasteiger partial charge in [0.2, 0.25) is 5.91 Å². The maximum absolute atomic E-state index is 12.5. The van der Waals surface area contributed by atoms with Gasteiger partial charge in [-0.15, -0.1) is 0 Å². The van der Waals surface area contributed by atoms with Crippen LogP contribution < -0.4 is 10.6 Å². The van der Waals surface area contributed by atoms with Crippen LogP contribution in [0.1, 0.15) is 64.0 Å². The van der Waals surface area contributed by atoms with Crippen LogP contribution in [-0.2, 0) is 4.79 Å². The number of hydrogen-bond donors (Lipinski definition) is 2. The highest BCUT2D eigenvalue weighted by Gasteiger charge is 2.20. The van der Waals surface area contributed by atoms with E-state index in [0.717, 1.165) is 12.8 Å². The lowest BCUT2D eigenvalue weighted by molar-refractivity contribution is -0.121. The van der Waals surface area contributed by atoms with Crippen molar-refractivity contribution in [1.82, 2.24) is 15.5 Å². The molecule has 0 aliphatic rings. The molecule has 0 radical (unpaired) electrons. The van der Waals surface area contributed by atoms with Gasteiger partial charge >= 0.3 is 6.03 Å². The second-order valence-electron chi connectivity index (χ2n) is 8.93. The summed E-state index contributed by atoms with van der Waals surface area (Å²) in [5.74, 6) is 0.210. The van der Waals surface area contributed by atoms with Crippen LogP contribution in [0.4, 0.5) is 4.79 Å². The molecule has 0 unspecified atom stereocenters. The van der Waals surface area contributed by atoms with Gasteiger partial charge in [0.05, 0.1) is 0 Å². The molecule has 2 rings (SSSR count). The minimum absolute atomic E-state index is 0.0236. The molecule has 0 spiro atoms. The lowest BCUT2D eigenvalue weighted by atomic mass is 9.88. The summed E-state index contributed by atoms with van der Waals surface area (Å²) in [5.41, 5.74) is 2.20. The minimum atomic E-state index is -0.296. The number of nitrogens with one attached hydrogen (secondary N) is 2. The Hall–Kier alpha value is -2.82. The Kier molecular flexibility index (Phi) is 9.57. The van der Waals surface area contributed by atoms with Gasteiger partial charge in [-0.2, -0.15) is 0 Å². The number of rotatable bonds is 10.